The number of carbonyl (C=O) groups is 2. The fourth-order valence-electron chi connectivity index (χ4n) is 2.04. The number of carbonyl (C=O) groups excluding carboxylic acids is 1. The molecule has 1 rings (SSSR count). The topological polar surface area (TPSA) is 66.8 Å². The normalized spacial score (nSPS) is 18.3. The van der Waals surface area contributed by atoms with Gasteiger partial charge in [-0.3, -0.25) is 9.59 Å². The first kappa shape index (κ1) is 15.0. The van der Waals surface area contributed by atoms with Crippen LogP contribution in [0.15, 0.2) is 0 Å². The molecule has 5 heteroatoms. The Hall–Kier alpha value is -1.10. The van der Waals surface area contributed by atoms with Crippen molar-refractivity contribution in [2.45, 2.75) is 32.6 Å². The molecule has 1 heterocycles. The molecule has 1 unspecified atom stereocenters. The van der Waals surface area contributed by atoms with Gasteiger partial charge < -0.3 is 14.7 Å². The number of aliphatic carboxylic acids is 1. The first-order valence-corrected chi connectivity index (χ1v) is 6.55. The van der Waals surface area contributed by atoms with Gasteiger partial charge in [0.1, 0.15) is 0 Å². The van der Waals surface area contributed by atoms with Crippen molar-refractivity contribution < 1.29 is 19.4 Å². The van der Waals surface area contributed by atoms with Gasteiger partial charge in [-0.2, -0.15) is 0 Å². The van der Waals surface area contributed by atoms with E-state index >= 15 is 0 Å². The molecule has 18 heavy (non-hydrogen) atoms. The summed E-state index contributed by atoms with van der Waals surface area (Å²) in [4.78, 5) is 24.1. The van der Waals surface area contributed by atoms with Crippen molar-refractivity contribution in [3.8, 4) is 0 Å². The zero-order valence-corrected chi connectivity index (χ0v) is 11.2. The molecule has 104 valence electrons. The minimum absolute atomic E-state index is 0.0829. The molecule has 0 aromatic heterocycles. The molecule has 1 amide bonds. The van der Waals surface area contributed by atoms with Crippen LogP contribution in [0.1, 0.15) is 32.6 Å². The van der Waals surface area contributed by atoms with E-state index in [0.717, 1.165) is 32.5 Å². The SMILES string of the molecule is CC(CC(=O)N(C)CCC1CCOCC1)C(=O)O. The average Bonchev–Trinajstić information content (AvgIpc) is 2.36. The van der Waals surface area contributed by atoms with Crippen LogP contribution < -0.4 is 0 Å². The molecule has 0 aliphatic carbocycles. The Morgan fingerprint density at radius 1 is 1.39 bits per heavy atom. The van der Waals surface area contributed by atoms with E-state index in [0.29, 0.717) is 12.5 Å². The minimum Gasteiger partial charge on any atom is -0.481 e. The van der Waals surface area contributed by atoms with E-state index in [1.807, 2.05) is 0 Å². The lowest BCUT2D eigenvalue weighted by atomic mass is 9.96. The zero-order chi connectivity index (χ0) is 13.5. The predicted octanol–water partition coefficient (Wildman–Crippen LogP) is 1.37. The van der Waals surface area contributed by atoms with Crippen molar-refractivity contribution >= 4 is 11.9 Å². The average molecular weight is 257 g/mol. The molecule has 1 saturated heterocycles. The third kappa shape index (κ3) is 5.04. The van der Waals surface area contributed by atoms with Gasteiger partial charge in [-0.05, 0) is 25.2 Å². The highest BCUT2D eigenvalue weighted by Gasteiger charge is 2.20. The van der Waals surface area contributed by atoms with Gasteiger partial charge in [-0.1, -0.05) is 6.92 Å². The lowest BCUT2D eigenvalue weighted by molar-refractivity contribution is -0.145. The molecule has 0 spiro atoms. The molecule has 0 aromatic rings. The number of nitrogens with zero attached hydrogens (tertiary/aromatic N) is 1. The molecule has 1 aliphatic rings. The summed E-state index contributed by atoms with van der Waals surface area (Å²) in [6.07, 6.45) is 3.19. The summed E-state index contributed by atoms with van der Waals surface area (Å²) >= 11 is 0. The second-order valence-electron chi connectivity index (χ2n) is 5.10. The van der Waals surface area contributed by atoms with Crippen LogP contribution in [0.2, 0.25) is 0 Å². The largest absolute Gasteiger partial charge is 0.481 e. The number of hydrogen-bond acceptors (Lipinski definition) is 3. The summed E-state index contributed by atoms with van der Waals surface area (Å²) in [7, 11) is 1.75. The van der Waals surface area contributed by atoms with Crippen LogP contribution in [0.25, 0.3) is 0 Å². The van der Waals surface area contributed by atoms with Gasteiger partial charge in [0.05, 0.1) is 5.92 Å². The molecule has 1 atom stereocenters. The Labute approximate surface area is 108 Å². The van der Waals surface area contributed by atoms with E-state index in [9.17, 15) is 9.59 Å². The number of rotatable bonds is 6. The lowest BCUT2D eigenvalue weighted by Gasteiger charge is -2.25. The summed E-state index contributed by atoms with van der Waals surface area (Å²) in [5, 5.41) is 8.76. The third-order valence-corrected chi connectivity index (χ3v) is 3.54. The van der Waals surface area contributed by atoms with Crippen LogP contribution in [0.3, 0.4) is 0 Å². The van der Waals surface area contributed by atoms with Crippen LogP contribution in [0.5, 0.6) is 0 Å². The van der Waals surface area contributed by atoms with Crippen LogP contribution in [0.4, 0.5) is 0 Å². The molecular weight excluding hydrogens is 234 g/mol. The second kappa shape index (κ2) is 7.36. The highest BCUT2D eigenvalue weighted by molar-refractivity contribution is 5.81. The highest BCUT2D eigenvalue weighted by Crippen LogP contribution is 2.18. The van der Waals surface area contributed by atoms with Gasteiger partial charge >= 0.3 is 5.97 Å². The molecule has 0 saturated carbocycles. The van der Waals surface area contributed by atoms with E-state index in [4.69, 9.17) is 9.84 Å². The van der Waals surface area contributed by atoms with E-state index in [-0.39, 0.29) is 12.3 Å². The Kier molecular flexibility index (Phi) is 6.12. The lowest BCUT2D eigenvalue weighted by Crippen LogP contribution is -2.32. The standard InChI is InChI=1S/C13H23NO4/c1-10(13(16)17)9-12(15)14(2)6-3-11-4-7-18-8-5-11/h10-11H,3-9H2,1-2H3,(H,16,17). The highest BCUT2D eigenvalue weighted by atomic mass is 16.5. The van der Waals surface area contributed by atoms with Crippen LogP contribution in [-0.4, -0.2) is 48.7 Å². The minimum atomic E-state index is -0.916. The van der Waals surface area contributed by atoms with Gasteiger partial charge in [-0.25, -0.2) is 0 Å². The maximum absolute atomic E-state index is 11.8. The number of carboxylic acids is 1. The smallest absolute Gasteiger partial charge is 0.306 e. The number of ether oxygens (including phenoxy) is 1. The summed E-state index contributed by atoms with van der Waals surface area (Å²) in [6.45, 7) is 3.90. The number of amides is 1. The van der Waals surface area contributed by atoms with Gasteiger partial charge in [0.2, 0.25) is 5.91 Å². The van der Waals surface area contributed by atoms with Gasteiger partial charge in [0.15, 0.2) is 0 Å². The van der Waals surface area contributed by atoms with E-state index in [1.54, 1.807) is 18.9 Å². The molecule has 1 N–H and O–H groups in total. The molecule has 0 bridgehead atoms. The Balaban J connectivity index is 2.24. The summed E-state index contributed by atoms with van der Waals surface area (Å²) in [5.74, 6) is -0.980. The zero-order valence-electron chi connectivity index (χ0n) is 11.2. The monoisotopic (exact) mass is 257 g/mol. The van der Waals surface area contributed by atoms with Gasteiger partial charge in [0.25, 0.3) is 0 Å². The van der Waals surface area contributed by atoms with Crippen LogP contribution >= 0.6 is 0 Å². The van der Waals surface area contributed by atoms with E-state index in [2.05, 4.69) is 0 Å². The van der Waals surface area contributed by atoms with E-state index < -0.39 is 11.9 Å². The van der Waals surface area contributed by atoms with Crippen molar-refractivity contribution in [3.63, 3.8) is 0 Å². The van der Waals surface area contributed by atoms with Crippen molar-refractivity contribution in [2.24, 2.45) is 11.8 Å². The molecule has 1 aliphatic heterocycles. The maximum Gasteiger partial charge on any atom is 0.306 e. The predicted molar refractivity (Wildman–Crippen MR) is 67.2 cm³/mol. The van der Waals surface area contributed by atoms with Crippen molar-refractivity contribution in [1.29, 1.82) is 0 Å². The Morgan fingerprint density at radius 2 is 2.00 bits per heavy atom. The van der Waals surface area contributed by atoms with Crippen molar-refractivity contribution in [3.05, 3.63) is 0 Å². The molecule has 1 fully saturated rings. The van der Waals surface area contributed by atoms with Gasteiger partial charge in [-0.15, -0.1) is 0 Å². The Bertz CT molecular complexity index is 287. The maximum atomic E-state index is 11.8. The summed E-state index contributed by atoms with van der Waals surface area (Å²) in [6, 6.07) is 0. The first-order valence-electron chi connectivity index (χ1n) is 6.55. The quantitative estimate of drug-likeness (QED) is 0.780. The van der Waals surface area contributed by atoms with Crippen LogP contribution in [0, 0.1) is 11.8 Å². The van der Waals surface area contributed by atoms with Crippen molar-refractivity contribution in [1.82, 2.24) is 4.90 Å². The summed E-state index contributed by atoms with van der Waals surface area (Å²) < 4.78 is 5.29. The fourth-order valence-corrected chi connectivity index (χ4v) is 2.04. The first-order chi connectivity index (χ1) is 8.50. The number of carboxylic acid groups (broad SMARTS) is 1. The van der Waals surface area contributed by atoms with Crippen LogP contribution in [-0.2, 0) is 14.3 Å². The third-order valence-electron chi connectivity index (χ3n) is 3.54. The molecule has 0 radical (unpaired) electrons. The summed E-state index contributed by atoms with van der Waals surface area (Å²) in [5.41, 5.74) is 0. The van der Waals surface area contributed by atoms with E-state index in [1.165, 1.54) is 0 Å². The molecule has 5 nitrogen and oxygen atoms in total. The fraction of sp³-hybridized carbons (Fsp3) is 0.846. The molecule has 0 aromatic carbocycles. The number of hydrogen-bond donors (Lipinski definition) is 1. The van der Waals surface area contributed by atoms with Gasteiger partial charge in [0, 0.05) is 33.2 Å². The second-order valence-corrected chi connectivity index (χ2v) is 5.10. The Morgan fingerprint density at radius 3 is 2.56 bits per heavy atom. The molecular formula is C13H23NO4. The van der Waals surface area contributed by atoms with Crippen molar-refractivity contribution in [2.75, 3.05) is 26.8 Å².